The van der Waals surface area contributed by atoms with Crippen molar-refractivity contribution >= 4 is 33.4 Å². The summed E-state index contributed by atoms with van der Waals surface area (Å²) in [6.07, 6.45) is 22.0. The molecule has 12 nitrogen and oxygen atoms in total. The van der Waals surface area contributed by atoms with Crippen molar-refractivity contribution in [3.05, 3.63) is 183 Å². The number of ether oxygens (including phenoxy) is 2. The fourth-order valence-electron chi connectivity index (χ4n) is 8.87. The molecular formula is C54H40N10O2Pt2-4. The molecule has 0 saturated carbocycles. The van der Waals surface area contributed by atoms with Crippen molar-refractivity contribution in [2.75, 3.05) is 36.0 Å². The number of pyridine rings is 4. The van der Waals surface area contributed by atoms with Gasteiger partial charge in [-0.2, -0.15) is 12.1 Å². The number of imidazole rings is 2. The van der Waals surface area contributed by atoms with Crippen LogP contribution in [0.25, 0.3) is 56.2 Å². The van der Waals surface area contributed by atoms with E-state index in [2.05, 4.69) is 149 Å². The molecule has 2 saturated heterocycles. The van der Waals surface area contributed by atoms with Crippen LogP contribution in [0.5, 0.6) is 23.0 Å². The van der Waals surface area contributed by atoms with E-state index in [9.17, 15) is 0 Å². The van der Waals surface area contributed by atoms with Gasteiger partial charge >= 0.3 is 0 Å². The van der Waals surface area contributed by atoms with Crippen LogP contribution in [0.1, 0.15) is 25.7 Å². The number of nitrogens with zero attached hydrogens (tertiary/aromatic N) is 10. The smallest absolute Gasteiger partial charge is 0.268 e. The van der Waals surface area contributed by atoms with E-state index in [-0.39, 0.29) is 42.1 Å². The summed E-state index contributed by atoms with van der Waals surface area (Å²) in [5, 5.41) is 0. The Morgan fingerprint density at radius 3 is 1.32 bits per heavy atom. The van der Waals surface area contributed by atoms with E-state index >= 15 is 0 Å². The zero-order chi connectivity index (χ0) is 43.8. The Hall–Kier alpha value is -7.00. The topological polar surface area (TPSA) is 94.1 Å². The number of hydrogen-bond acceptors (Lipinski definition) is 8. The maximum atomic E-state index is 6.30. The van der Waals surface area contributed by atoms with Gasteiger partial charge in [0.15, 0.2) is 0 Å². The van der Waals surface area contributed by atoms with Gasteiger partial charge in [0.05, 0.1) is 33.4 Å². The average Bonchev–Trinajstić information content (AvgIpc) is 4.22. The van der Waals surface area contributed by atoms with Crippen molar-refractivity contribution in [3.8, 4) is 57.1 Å². The van der Waals surface area contributed by atoms with Crippen molar-refractivity contribution in [2.45, 2.75) is 25.7 Å². The number of rotatable bonds is 11. The second-order valence-corrected chi connectivity index (χ2v) is 16.3. The third-order valence-corrected chi connectivity index (χ3v) is 12.0. The molecule has 2 aliphatic heterocycles. The van der Waals surface area contributed by atoms with Crippen LogP contribution < -0.4 is 28.4 Å². The summed E-state index contributed by atoms with van der Waals surface area (Å²) < 4.78 is 20.7. The van der Waals surface area contributed by atoms with Gasteiger partial charge in [0.1, 0.15) is 0 Å². The molecule has 68 heavy (non-hydrogen) atoms. The van der Waals surface area contributed by atoms with E-state index in [1.54, 1.807) is 49.3 Å². The molecule has 0 bridgehead atoms. The van der Waals surface area contributed by atoms with Gasteiger partial charge in [-0.25, -0.2) is 0 Å². The van der Waals surface area contributed by atoms with Gasteiger partial charge in [-0.1, -0.05) is 73.1 Å². The number of fused-ring (bicyclic) bond motifs is 2. The Morgan fingerprint density at radius 1 is 0.441 bits per heavy atom. The van der Waals surface area contributed by atoms with Gasteiger partial charge in [-0.05, 0) is 98.2 Å². The van der Waals surface area contributed by atoms with E-state index in [1.807, 2.05) is 33.4 Å². The summed E-state index contributed by atoms with van der Waals surface area (Å²) >= 11 is 0. The molecule has 0 spiro atoms. The molecule has 10 aromatic rings. The summed E-state index contributed by atoms with van der Waals surface area (Å²) in [4.78, 5) is 23.0. The minimum Gasteiger partial charge on any atom is -0.509 e. The maximum Gasteiger partial charge on any atom is 0.268 e. The quantitative estimate of drug-likeness (QED) is 0.0937. The molecule has 342 valence electrons. The zero-order valence-corrected chi connectivity index (χ0v) is 41.0. The van der Waals surface area contributed by atoms with Gasteiger partial charge in [0, 0.05) is 103 Å². The second-order valence-electron chi connectivity index (χ2n) is 16.3. The van der Waals surface area contributed by atoms with Crippen LogP contribution in [0.2, 0.25) is 0 Å². The van der Waals surface area contributed by atoms with Crippen LogP contribution in [0, 0.1) is 36.9 Å². The van der Waals surface area contributed by atoms with Gasteiger partial charge in [0.25, 0.3) is 12.7 Å². The van der Waals surface area contributed by atoms with Crippen LogP contribution in [0.3, 0.4) is 0 Å². The van der Waals surface area contributed by atoms with E-state index in [1.165, 1.54) is 37.1 Å². The molecule has 12 rings (SSSR count). The SMILES string of the molecule is [Pt].[Pt].[c-]1c(Oc2[c-]c(-c3[c-]c(Oc4[c-]c(-[n+]5[c-]n(-c6cccc(N7CCCC7)c6)c6ccccc65)cnc4)ccn3)ncc2)cncc1-[n+]1[c-]n(-c2cccc(N3CCCC3)c2)c2ccccc21. The van der Waals surface area contributed by atoms with Crippen LogP contribution in [-0.2, 0) is 42.1 Å². The summed E-state index contributed by atoms with van der Waals surface area (Å²) in [5.74, 6) is 1.63. The Labute approximate surface area is 422 Å². The Bertz CT molecular complexity index is 3170. The first-order valence-corrected chi connectivity index (χ1v) is 22.2. The third-order valence-electron chi connectivity index (χ3n) is 12.0. The predicted molar refractivity (Wildman–Crippen MR) is 249 cm³/mol. The van der Waals surface area contributed by atoms with Gasteiger partial charge < -0.3 is 48.3 Å². The fourth-order valence-corrected chi connectivity index (χ4v) is 8.87. The second kappa shape index (κ2) is 19.7. The van der Waals surface area contributed by atoms with E-state index in [0.29, 0.717) is 45.8 Å². The van der Waals surface area contributed by atoms with E-state index < -0.39 is 0 Å². The van der Waals surface area contributed by atoms with Crippen molar-refractivity contribution < 1.29 is 60.7 Å². The standard InChI is InChI=1S/C54H40N10O2.2Pt/c1-3-17-53-51(15-1)61(41-13-9-11-39(27-41)59-23-5-6-24-59)37-63(53)43-29-47(35-55-33-43)65-45-19-21-57-49(31-45)50-32-46(20-22-58-50)66-48-30-44(34-56-36-48)64-38-62(52-16-2-4-18-54(52)64)42-14-10-12-40(28-42)60-25-7-8-26-60;;/h1-4,9-22,27-28,33-36H,5-8,23-26H2;;/q-4;;. The van der Waals surface area contributed by atoms with Crippen molar-refractivity contribution in [1.29, 1.82) is 0 Å². The number of para-hydroxylation sites is 4. The molecular weight excluding hydrogens is 1210 g/mol. The first-order chi connectivity index (χ1) is 32.7. The molecule has 14 heteroatoms. The number of aromatic nitrogens is 8. The summed E-state index contributed by atoms with van der Waals surface area (Å²) in [7, 11) is 0. The molecule has 0 amide bonds. The third kappa shape index (κ3) is 8.94. The molecule has 2 aliphatic rings. The molecule has 8 heterocycles. The average molecular weight is 1250 g/mol. The van der Waals surface area contributed by atoms with Crippen molar-refractivity contribution in [1.82, 2.24) is 29.1 Å². The fraction of sp³-hybridized carbons (Fsp3) is 0.148. The van der Waals surface area contributed by atoms with Crippen LogP contribution in [0.4, 0.5) is 11.4 Å². The molecule has 6 aromatic heterocycles. The van der Waals surface area contributed by atoms with Crippen molar-refractivity contribution in [3.63, 3.8) is 0 Å². The van der Waals surface area contributed by atoms with Gasteiger partial charge in [-0.3, -0.25) is 9.13 Å². The molecule has 0 aliphatic carbocycles. The predicted octanol–water partition coefficient (Wildman–Crippen LogP) is 8.96. The number of hydrogen-bond donors (Lipinski definition) is 0. The molecule has 0 radical (unpaired) electrons. The largest absolute Gasteiger partial charge is 0.509 e. The summed E-state index contributed by atoms with van der Waals surface area (Å²) in [5.41, 5.74) is 10.6. The molecule has 2 fully saturated rings. The molecule has 4 aromatic carbocycles. The van der Waals surface area contributed by atoms with Gasteiger partial charge in [0.2, 0.25) is 0 Å². The summed E-state index contributed by atoms with van der Waals surface area (Å²) in [6.45, 7) is 4.31. The Balaban J connectivity index is 0.00000269. The van der Waals surface area contributed by atoms with Gasteiger partial charge in [-0.15, -0.1) is 35.7 Å². The monoisotopic (exact) mass is 1250 g/mol. The first kappa shape index (κ1) is 44.8. The van der Waals surface area contributed by atoms with Crippen molar-refractivity contribution in [2.24, 2.45) is 0 Å². The number of benzene rings is 4. The van der Waals surface area contributed by atoms with E-state index in [4.69, 9.17) is 9.47 Å². The number of anilines is 2. The van der Waals surface area contributed by atoms with Crippen LogP contribution >= 0.6 is 0 Å². The molecule has 0 atom stereocenters. The zero-order valence-electron chi connectivity index (χ0n) is 36.4. The van der Waals surface area contributed by atoms with E-state index in [0.717, 1.165) is 59.6 Å². The maximum absolute atomic E-state index is 6.30. The summed E-state index contributed by atoms with van der Waals surface area (Å²) in [6, 6.07) is 50.4. The Kier molecular flexibility index (Phi) is 13.0. The Morgan fingerprint density at radius 2 is 0.868 bits per heavy atom. The minimum atomic E-state index is 0. The molecule has 0 N–H and O–H groups in total. The first-order valence-electron chi connectivity index (χ1n) is 22.2. The minimum absolute atomic E-state index is 0. The normalized spacial score (nSPS) is 13.4. The molecule has 0 unspecified atom stereocenters. The van der Waals surface area contributed by atoms with Crippen LogP contribution in [-0.4, -0.2) is 55.2 Å². The van der Waals surface area contributed by atoms with Crippen LogP contribution in [0.15, 0.2) is 146 Å².